The number of nitrogens with one attached hydrogen (secondary N) is 1. The van der Waals surface area contributed by atoms with Crippen LogP contribution < -0.4 is 15.0 Å². The number of hydrogen-bond acceptors (Lipinski definition) is 7. The zero-order chi connectivity index (χ0) is 25.7. The lowest BCUT2D eigenvalue weighted by atomic mass is 10.0. The Kier molecular flexibility index (Phi) is 7.82. The van der Waals surface area contributed by atoms with Crippen molar-refractivity contribution in [3.63, 3.8) is 0 Å². The Balaban J connectivity index is 1.56. The molecule has 0 aliphatic carbocycles. The van der Waals surface area contributed by atoms with E-state index in [-0.39, 0.29) is 30.2 Å². The van der Waals surface area contributed by atoms with Crippen molar-refractivity contribution in [2.45, 2.75) is 45.7 Å². The van der Waals surface area contributed by atoms with Crippen LogP contribution in [0.3, 0.4) is 0 Å². The molecule has 10 nitrogen and oxygen atoms in total. The van der Waals surface area contributed by atoms with E-state index >= 15 is 0 Å². The molecule has 1 aliphatic heterocycles. The quantitative estimate of drug-likeness (QED) is 0.516. The minimum Gasteiger partial charge on any atom is -0.497 e. The number of rotatable bonds is 8. The fraction of sp³-hybridized carbons (Fsp3) is 0.423. The standard InChI is InChI=1S/C26H33N7O3/c1-18(2)23-15-29-26(32-10-9-27-17-32)30-25(23)33-12-11-31(19(3)34)16-21(33)13-24(35)28-14-20-5-7-22(36-4)8-6-20/h5-10,15,17-18,21H,11-14,16H2,1-4H3,(H,28,35). The van der Waals surface area contributed by atoms with Crippen LogP contribution in [0.25, 0.3) is 5.95 Å². The third kappa shape index (κ3) is 5.81. The molecule has 0 bridgehead atoms. The maximum absolute atomic E-state index is 13.0. The highest BCUT2D eigenvalue weighted by molar-refractivity contribution is 5.78. The monoisotopic (exact) mass is 491 g/mol. The van der Waals surface area contributed by atoms with Crippen molar-refractivity contribution in [3.8, 4) is 11.7 Å². The minimum absolute atomic E-state index is 0.00386. The summed E-state index contributed by atoms with van der Waals surface area (Å²) in [6.45, 7) is 7.78. The first-order valence-corrected chi connectivity index (χ1v) is 12.1. The van der Waals surface area contributed by atoms with Crippen molar-refractivity contribution in [1.82, 2.24) is 29.7 Å². The topological polar surface area (TPSA) is 105 Å². The molecule has 190 valence electrons. The SMILES string of the molecule is COc1ccc(CNC(=O)CC2CN(C(C)=O)CCN2c2nc(-n3ccnc3)ncc2C(C)C)cc1. The number of hydrogen-bond donors (Lipinski definition) is 1. The first-order chi connectivity index (χ1) is 17.4. The third-order valence-electron chi connectivity index (χ3n) is 6.41. The van der Waals surface area contributed by atoms with E-state index in [1.807, 2.05) is 30.5 Å². The zero-order valence-electron chi connectivity index (χ0n) is 21.2. The summed E-state index contributed by atoms with van der Waals surface area (Å²) in [5.74, 6) is 2.19. The summed E-state index contributed by atoms with van der Waals surface area (Å²) in [6, 6.07) is 7.38. The average molecular weight is 492 g/mol. The van der Waals surface area contributed by atoms with E-state index in [1.54, 1.807) is 42.2 Å². The number of benzene rings is 1. The first kappa shape index (κ1) is 25.2. The number of aromatic nitrogens is 4. The number of piperazine rings is 1. The second-order valence-corrected chi connectivity index (χ2v) is 9.21. The second-order valence-electron chi connectivity index (χ2n) is 9.21. The summed E-state index contributed by atoms with van der Waals surface area (Å²) in [6.07, 6.45) is 7.22. The molecule has 1 unspecified atom stereocenters. The van der Waals surface area contributed by atoms with Gasteiger partial charge in [0.15, 0.2) is 0 Å². The average Bonchev–Trinajstić information content (AvgIpc) is 3.42. The van der Waals surface area contributed by atoms with Crippen molar-refractivity contribution in [2.75, 3.05) is 31.6 Å². The molecular weight excluding hydrogens is 458 g/mol. The van der Waals surface area contributed by atoms with Gasteiger partial charge >= 0.3 is 0 Å². The normalized spacial score (nSPS) is 15.8. The highest BCUT2D eigenvalue weighted by atomic mass is 16.5. The Morgan fingerprint density at radius 1 is 1.19 bits per heavy atom. The van der Waals surface area contributed by atoms with Gasteiger partial charge in [0.1, 0.15) is 17.9 Å². The molecule has 1 fully saturated rings. The van der Waals surface area contributed by atoms with Crippen LogP contribution in [0.2, 0.25) is 0 Å². The third-order valence-corrected chi connectivity index (χ3v) is 6.41. The lowest BCUT2D eigenvalue weighted by molar-refractivity contribution is -0.130. The van der Waals surface area contributed by atoms with Gasteiger partial charge in [0.25, 0.3) is 0 Å². The Morgan fingerprint density at radius 2 is 1.97 bits per heavy atom. The fourth-order valence-corrected chi connectivity index (χ4v) is 4.34. The van der Waals surface area contributed by atoms with E-state index in [0.29, 0.717) is 32.1 Å². The molecule has 36 heavy (non-hydrogen) atoms. The van der Waals surface area contributed by atoms with Crippen molar-refractivity contribution in [1.29, 1.82) is 0 Å². The number of carbonyl (C=O) groups is 2. The molecule has 1 aliphatic rings. The largest absolute Gasteiger partial charge is 0.497 e. The van der Waals surface area contributed by atoms with E-state index in [4.69, 9.17) is 9.72 Å². The van der Waals surface area contributed by atoms with E-state index in [1.165, 1.54) is 0 Å². The summed E-state index contributed by atoms with van der Waals surface area (Å²) in [5, 5.41) is 3.02. The van der Waals surface area contributed by atoms with Gasteiger partial charge in [-0.2, -0.15) is 4.98 Å². The molecule has 1 atom stereocenters. The van der Waals surface area contributed by atoms with Crippen LogP contribution in [0.15, 0.2) is 49.2 Å². The van der Waals surface area contributed by atoms with Crippen molar-refractivity contribution in [2.24, 2.45) is 0 Å². The van der Waals surface area contributed by atoms with Gasteiger partial charge in [-0.3, -0.25) is 14.2 Å². The molecule has 1 N–H and O–H groups in total. The smallest absolute Gasteiger partial charge is 0.236 e. The summed E-state index contributed by atoms with van der Waals surface area (Å²) in [4.78, 5) is 42.7. The van der Waals surface area contributed by atoms with Crippen LogP contribution in [0.4, 0.5) is 5.82 Å². The van der Waals surface area contributed by atoms with Crippen LogP contribution in [0.1, 0.15) is 44.2 Å². The van der Waals surface area contributed by atoms with E-state index in [0.717, 1.165) is 22.7 Å². The van der Waals surface area contributed by atoms with Gasteiger partial charge in [0.2, 0.25) is 17.8 Å². The van der Waals surface area contributed by atoms with Crippen molar-refractivity contribution >= 4 is 17.6 Å². The second kappa shape index (κ2) is 11.2. The van der Waals surface area contributed by atoms with Gasteiger partial charge in [-0.25, -0.2) is 9.97 Å². The molecule has 0 saturated carbocycles. The number of anilines is 1. The highest BCUT2D eigenvalue weighted by Gasteiger charge is 2.33. The molecule has 3 aromatic rings. The highest BCUT2D eigenvalue weighted by Crippen LogP contribution is 2.30. The Labute approximate surface area is 211 Å². The van der Waals surface area contributed by atoms with E-state index in [9.17, 15) is 9.59 Å². The van der Waals surface area contributed by atoms with Crippen LogP contribution in [-0.2, 0) is 16.1 Å². The summed E-state index contributed by atoms with van der Waals surface area (Å²) >= 11 is 0. The van der Waals surface area contributed by atoms with Gasteiger partial charge < -0.3 is 19.9 Å². The molecule has 10 heteroatoms. The lowest BCUT2D eigenvalue weighted by Gasteiger charge is -2.42. The maximum Gasteiger partial charge on any atom is 0.236 e. The Hall–Kier alpha value is -3.95. The fourth-order valence-electron chi connectivity index (χ4n) is 4.34. The van der Waals surface area contributed by atoms with Gasteiger partial charge in [-0.05, 0) is 23.6 Å². The van der Waals surface area contributed by atoms with Crippen LogP contribution in [0.5, 0.6) is 5.75 Å². The number of nitrogens with zero attached hydrogens (tertiary/aromatic N) is 6. The van der Waals surface area contributed by atoms with Crippen molar-refractivity contribution < 1.29 is 14.3 Å². The van der Waals surface area contributed by atoms with E-state index < -0.39 is 0 Å². The van der Waals surface area contributed by atoms with Crippen LogP contribution in [0, 0.1) is 0 Å². The molecule has 2 aromatic heterocycles. The summed E-state index contributed by atoms with van der Waals surface area (Å²) < 4.78 is 6.96. The van der Waals surface area contributed by atoms with Crippen LogP contribution in [-0.4, -0.2) is 69.0 Å². The number of imidazole rings is 1. The van der Waals surface area contributed by atoms with Gasteiger partial charge in [-0.1, -0.05) is 26.0 Å². The van der Waals surface area contributed by atoms with Crippen LogP contribution >= 0.6 is 0 Å². The molecule has 1 aromatic carbocycles. The molecule has 4 rings (SSSR count). The first-order valence-electron chi connectivity index (χ1n) is 12.1. The Morgan fingerprint density at radius 3 is 2.61 bits per heavy atom. The molecule has 2 amide bonds. The predicted molar refractivity (Wildman–Crippen MR) is 136 cm³/mol. The molecule has 0 radical (unpaired) electrons. The Bertz CT molecular complexity index is 1180. The molecule has 1 saturated heterocycles. The lowest BCUT2D eigenvalue weighted by Crippen LogP contribution is -2.56. The summed E-state index contributed by atoms with van der Waals surface area (Å²) in [5.41, 5.74) is 1.98. The molecule has 0 spiro atoms. The van der Waals surface area contributed by atoms with Gasteiger partial charge in [0.05, 0.1) is 13.2 Å². The zero-order valence-corrected chi connectivity index (χ0v) is 21.2. The maximum atomic E-state index is 13.0. The molecule has 3 heterocycles. The van der Waals surface area contributed by atoms with Gasteiger partial charge in [0, 0.05) is 63.7 Å². The van der Waals surface area contributed by atoms with Gasteiger partial charge in [-0.15, -0.1) is 0 Å². The minimum atomic E-state index is -0.221. The number of methoxy groups -OCH3 is 1. The summed E-state index contributed by atoms with van der Waals surface area (Å²) in [7, 11) is 1.62. The van der Waals surface area contributed by atoms with Crippen molar-refractivity contribution in [3.05, 3.63) is 60.3 Å². The number of carbonyl (C=O) groups excluding carboxylic acids is 2. The predicted octanol–water partition coefficient (Wildman–Crippen LogP) is 2.54. The molecular formula is C26H33N7O3. The number of amides is 2. The van der Waals surface area contributed by atoms with E-state index in [2.05, 4.69) is 34.0 Å². The number of ether oxygens (including phenoxy) is 1.